The van der Waals surface area contributed by atoms with Gasteiger partial charge in [0.2, 0.25) is 0 Å². The normalized spacial score (nSPS) is 28.6. The largest absolute Gasteiger partial charge is 0.443 e. The van der Waals surface area contributed by atoms with E-state index in [1.54, 1.807) is 0 Å². The van der Waals surface area contributed by atoms with Gasteiger partial charge in [0.1, 0.15) is 23.3 Å². The summed E-state index contributed by atoms with van der Waals surface area (Å²) in [4.78, 5) is 40.6. The molecule has 2 heterocycles. The van der Waals surface area contributed by atoms with E-state index in [4.69, 9.17) is 29.9 Å². The van der Waals surface area contributed by atoms with Gasteiger partial charge in [0.25, 0.3) is 11.8 Å². The molecule has 3 atom stereocenters. The Morgan fingerprint density at radius 2 is 1.88 bits per heavy atom. The number of anilines is 1. The topological polar surface area (TPSA) is 85.4 Å². The zero-order valence-corrected chi connectivity index (χ0v) is 19.0. The van der Waals surface area contributed by atoms with Crippen LogP contribution in [0.1, 0.15) is 45.7 Å². The number of likely N-dealkylation sites (N-methyl/N-ethyl adjacent to an activating group) is 1. The van der Waals surface area contributed by atoms with Crippen molar-refractivity contribution < 1.29 is 41.5 Å². The molecule has 0 spiro atoms. The first-order valence-electron chi connectivity index (χ1n) is 11.1. The number of amides is 3. The fraction of sp³-hybridized carbons (Fsp3) is 0.571. The van der Waals surface area contributed by atoms with E-state index in [0.717, 1.165) is 0 Å². The predicted molar refractivity (Wildman–Crippen MR) is 110 cm³/mol. The Morgan fingerprint density at radius 1 is 1.25 bits per heavy atom. The van der Waals surface area contributed by atoms with E-state index in [-0.39, 0.29) is 4.90 Å². The van der Waals surface area contributed by atoms with Crippen LogP contribution in [-0.2, 0) is 23.8 Å². The second-order valence-electron chi connectivity index (χ2n) is 9.14. The van der Waals surface area contributed by atoms with Gasteiger partial charge in [-0.3, -0.25) is 9.59 Å². The van der Waals surface area contributed by atoms with E-state index in [9.17, 15) is 23.2 Å². The second-order valence-corrected chi connectivity index (χ2v) is 9.55. The third kappa shape index (κ3) is 4.06. The Bertz CT molecular complexity index is 1090. The SMILES string of the molecule is [2H]C([2H])([2H])N(C(=O)[C@@H]1[C@@H]2OC(C)(C)O[C@]2(C)C(=O)N1C(=O)OC(C)(C)C)c1cc(Cl)c(F)cc1F. The van der Waals surface area contributed by atoms with E-state index < -0.39 is 76.4 Å². The van der Waals surface area contributed by atoms with Crippen molar-refractivity contribution in [3.8, 4) is 0 Å². The summed E-state index contributed by atoms with van der Waals surface area (Å²) >= 11 is 5.72. The highest BCUT2D eigenvalue weighted by Crippen LogP contribution is 2.46. The molecule has 176 valence electrons. The maximum atomic E-state index is 14.7. The van der Waals surface area contributed by atoms with Crippen molar-refractivity contribution in [2.24, 2.45) is 0 Å². The van der Waals surface area contributed by atoms with Crippen LogP contribution in [0.3, 0.4) is 0 Å². The molecule has 2 aliphatic rings. The van der Waals surface area contributed by atoms with Gasteiger partial charge < -0.3 is 19.1 Å². The first kappa shape index (κ1) is 20.3. The summed E-state index contributed by atoms with van der Waals surface area (Å²) in [5.41, 5.74) is -3.85. The van der Waals surface area contributed by atoms with Crippen LogP contribution in [-0.4, -0.2) is 58.9 Å². The molecule has 3 rings (SSSR count). The molecule has 8 nitrogen and oxygen atoms in total. The molecule has 0 aliphatic carbocycles. The summed E-state index contributed by atoms with van der Waals surface area (Å²) < 4.78 is 68.8. The molecule has 0 bridgehead atoms. The third-order valence-electron chi connectivity index (χ3n) is 4.91. The zero-order chi connectivity index (χ0) is 26.9. The summed E-state index contributed by atoms with van der Waals surface area (Å²) in [7, 11) is 0. The highest BCUT2D eigenvalue weighted by Gasteiger charge is 2.69. The molecule has 0 aromatic heterocycles. The third-order valence-corrected chi connectivity index (χ3v) is 5.20. The van der Waals surface area contributed by atoms with Gasteiger partial charge in [0, 0.05) is 17.2 Å². The monoisotopic (exact) mass is 477 g/mol. The van der Waals surface area contributed by atoms with Gasteiger partial charge in [-0.25, -0.2) is 18.5 Å². The number of likely N-dealkylation sites (tertiary alicyclic amines) is 1. The minimum absolute atomic E-state index is 0.0311. The van der Waals surface area contributed by atoms with E-state index in [1.807, 2.05) is 0 Å². The van der Waals surface area contributed by atoms with Crippen molar-refractivity contribution in [1.29, 1.82) is 0 Å². The zero-order valence-electron chi connectivity index (χ0n) is 21.3. The summed E-state index contributed by atoms with van der Waals surface area (Å²) in [5, 5.41) is -0.652. The number of nitrogens with zero attached hydrogens (tertiary/aromatic N) is 2. The molecule has 0 radical (unpaired) electrons. The molecule has 0 unspecified atom stereocenters. The molecular weight excluding hydrogens is 450 g/mol. The maximum Gasteiger partial charge on any atom is 0.417 e. The van der Waals surface area contributed by atoms with Gasteiger partial charge in [-0.05, 0) is 47.6 Å². The van der Waals surface area contributed by atoms with Gasteiger partial charge in [-0.1, -0.05) is 11.6 Å². The van der Waals surface area contributed by atoms with Crippen LogP contribution in [0.25, 0.3) is 0 Å². The van der Waals surface area contributed by atoms with Crippen LogP contribution in [0.5, 0.6) is 0 Å². The number of rotatable bonds is 2. The highest BCUT2D eigenvalue weighted by atomic mass is 35.5. The van der Waals surface area contributed by atoms with Crippen molar-refractivity contribution in [1.82, 2.24) is 4.90 Å². The van der Waals surface area contributed by atoms with Crippen LogP contribution in [0, 0.1) is 11.6 Å². The Hall–Kier alpha value is -2.30. The van der Waals surface area contributed by atoms with Crippen LogP contribution >= 0.6 is 11.6 Å². The van der Waals surface area contributed by atoms with Gasteiger partial charge in [-0.2, -0.15) is 0 Å². The lowest BCUT2D eigenvalue weighted by Gasteiger charge is -2.32. The molecule has 32 heavy (non-hydrogen) atoms. The Labute approximate surface area is 193 Å². The number of benzene rings is 1. The van der Waals surface area contributed by atoms with E-state index in [0.29, 0.717) is 17.0 Å². The highest BCUT2D eigenvalue weighted by molar-refractivity contribution is 6.31. The maximum absolute atomic E-state index is 14.7. The van der Waals surface area contributed by atoms with Crippen molar-refractivity contribution >= 4 is 35.2 Å². The fourth-order valence-corrected chi connectivity index (χ4v) is 3.88. The average Bonchev–Trinajstić information content (AvgIpc) is 3.00. The van der Waals surface area contributed by atoms with Crippen molar-refractivity contribution in [3.05, 3.63) is 28.8 Å². The first-order chi connectivity index (χ1) is 15.7. The van der Waals surface area contributed by atoms with Gasteiger partial charge in [0.15, 0.2) is 17.4 Å². The van der Waals surface area contributed by atoms with Crippen LogP contribution in [0.15, 0.2) is 12.1 Å². The van der Waals surface area contributed by atoms with Crippen molar-refractivity contribution in [3.63, 3.8) is 0 Å². The molecular formula is C21H25ClF2N2O6. The quantitative estimate of drug-likeness (QED) is 0.605. The van der Waals surface area contributed by atoms with E-state index in [2.05, 4.69) is 0 Å². The molecule has 3 amide bonds. The number of halogens is 3. The molecule has 0 saturated carbocycles. The standard InChI is InChI=1S/C21H25ClF2N2O6/c1-19(2,3)31-18(29)26-14(15-21(6,17(26)28)32-20(4,5)30-15)16(27)25(7)13-8-10(22)11(23)9-12(13)24/h8-9,14-15H,1-7H3/t14-,15-,21-/m0/s1/i7D3. The lowest BCUT2D eigenvalue weighted by atomic mass is 9.97. The van der Waals surface area contributed by atoms with Gasteiger partial charge in [-0.15, -0.1) is 0 Å². The molecule has 0 N–H and O–H groups in total. The molecule has 1 aromatic carbocycles. The first-order valence-corrected chi connectivity index (χ1v) is 10.0. The van der Waals surface area contributed by atoms with Crippen LogP contribution in [0.4, 0.5) is 19.3 Å². The number of fused-ring (bicyclic) bond motifs is 1. The number of ether oxygens (including phenoxy) is 3. The molecule has 2 aliphatic heterocycles. The fourth-order valence-electron chi connectivity index (χ4n) is 3.72. The Morgan fingerprint density at radius 3 is 2.44 bits per heavy atom. The number of carbonyl (C=O) groups excluding carboxylic acids is 3. The predicted octanol–water partition coefficient (Wildman–Crippen LogP) is 3.64. The number of hydrogen-bond acceptors (Lipinski definition) is 6. The Balaban J connectivity index is 2.19. The lowest BCUT2D eigenvalue weighted by molar-refractivity contribution is -0.184. The minimum atomic E-state index is -3.34. The smallest absolute Gasteiger partial charge is 0.417 e. The molecule has 11 heteroatoms. The van der Waals surface area contributed by atoms with Crippen LogP contribution in [0.2, 0.25) is 5.02 Å². The van der Waals surface area contributed by atoms with Gasteiger partial charge >= 0.3 is 6.09 Å². The van der Waals surface area contributed by atoms with Crippen LogP contribution < -0.4 is 4.90 Å². The number of hydrogen-bond donors (Lipinski definition) is 0. The van der Waals surface area contributed by atoms with Crippen molar-refractivity contribution in [2.75, 3.05) is 11.9 Å². The summed E-state index contributed by atoms with van der Waals surface area (Å²) in [6.07, 6.45) is -2.74. The second kappa shape index (κ2) is 7.64. The molecule has 2 saturated heterocycles. The van der Waals surface area contributed by atoms with Crippen molar-refractivity contribution in [2.45, 2.75) is 70.7 Å². The summed E-state index contributed by atoms with van der Waals surface area (Å²) in [5.74, 6) is -6.40. The van der Waals surface area contributed by atoms with E-state index >= 15 is 0 Å². The summed E-state index contributed by atoms with van der Waals surface area (Å²) in [6, 6.07) is -0.981. The van der Waals surface area contributed by atoms with E-state index in [1.165, 1.54) is 41.5 Å². The number of carbonyl (C=O) groups is 3. The average molecular weight is 478 g/mol. The van der Waals surface area contributed by atoms with Gasteiger partial charge in [0.05, 0.1) is 10.7 Å². The lowest BCUT2D eigenvalue weighted by Crippen LogP contribution is -2.54. The number of imide groups is 1. The summed E-state index contributed by atoms with van der Waals surface area (Å²) in [6.45, 7) is 5.43. The minimum Gasteiger partial charge on any atom is -0.443 e. The molecule has 2 fully saturated rings. The molecule has 1 aromatic rings. The Kier molecular flexibility index (Phi) is 4.85.